The summed E-state index contributed by atoms with van der Waals surface area (Å²) in [6, 6.07) is 2.59. The maximum absolute atomic E-state index is 4.39. The molecule has 6 heteroatoms. The molecule has 2 aromatic rings. The second-order valence-electron chi connectivity index (χ2n) is 7.11. The Hall–Kier alpha value is -1.66. The van der Waals surface area contributed by atoms with Crippen molar-refractivity contribution >= 4 is 0 Å². The van der Waals surface area contributed by atoms with Crippen LogP contribution in [-0.4, -0.2) is 56.5 Å². The fourth-order valence-corrected chi connectivity index (χ4v) is 4.09. The molecule has 24 heavy (non-hydrogen) atoms. The number of rotatable bonds is 6. The van der Waals surface area contributed by atoms with Crippen LogP contribution in [0.1, 0.15) is 37.1 Å². The van der Waals surface area contributed by atoms with Gasteiger partial charge in [0.05, 0.1) is 11.9 Å². The summed E-state index contributed by atoms with van der Waals surface area (Å²) in [5.74, 6) is 0.635. The maximum Gasteiger partial charge on any atom is 0.0537 e. The van der Waals surface area contributed by atoms with Crippen molar-refractivity contribution in [3.05, 3.63) is 35.9 Å². The van der Waals surface area contributed by atoms with Gasteiger partial charge < -0.3 is 4.90 Å². The SMILES string of the molecule is CCn1nccc1CN(C)C[C@@H]1CCCN(C)[C@H]1c1cnn(C)c1. The molecular weight excluding hydrogens is 300 g/mol. The molecule has 1 aliphatic rings. The quantitative estimate of drug-likeness (QED) is 0.814. The minimum atomic E-state index is 0.464. The van der Waals surface area contributed by atoms with Crippen molar-refractivity contribution in [2.75, 3.05) is 27.2 Å². The van der Waals surface area contributed by atoms with Crippen LogP contribution in [0.5, 0.6) is 0 Å². The fraction of sp³-hybridized carbons (Fsp3) is 0.667. The molecule has 0 aromatic carbocycles. The van der Waals surface area contributed by atoms with E-state index in [1.165, 1.54) is 30.6 Å². The molecule has 3 rings (SSSR count). The van der Waals surface area contributed by atoms with E-state index in [1.54, 1.807) is 0 Å². The first kappa shape index (κ1) is 17.2. The second kappa shape index (κ2) is 7.49. The molecule has 0 saturated carbocycles. The van der Waals surface area contributed by atoms with Gasteiger partial charge in [0, 0.05) is 50.7 Å². The molecule has 0 N–H and O–H groups in total. The van der Waals surface area contributed by atoms with Crippen LogP contribution in [0.4, 0.5) is 0 Å². The van der Waals surface area contributed by atoms with E-state index in [1.807, 2.05) is 24.1 Å². The predicted octanol–water partition coefficient (Wildman–Crippen LogP) is 2.15. The fourth-order valence-electron chi connectivity index (χ4n) is 4.09. The zero-order valence-corrected chi connectivity index (χ0v) is 15.4. The lowest BCUT2D eigenvalue weighted by molar-refractivity contribution is 0.0918. The number of piperidine rings is 1. The smallest absolute Gasteiger partial charge is 0.0537 e. The Morgan fingerprint density at radius 3 is 2.83 bits per heavy atom. The summed E-state index contributed by atoms with van der Waals surface area (Å²) in [6.45, 7) is 6.29. The molecule has 2 aromatic heterocycles. The monoisotopic (exact) mass is 330 g/mol. The normalized spacial score (nSPS) is 22.4. The molecule has 0 amide bonds. The molecule has 0 unspecified atom stereocenters. The van der Waals surface area contributed by atoms with Gasteiger partial charge in [0.15, 0.2) is 0 Å². The van der Waals surface area contributed by atoms with E-state index in [-0.39, 0.29) is 0 Å². The summed E-state index contributed by atoms with van der Waals surface area (Å²) >= 11 is 0. The summed E-state index contributed by atoms with van der Waals surface area (Å²) in [5, 5.41) is 8.77. The van der Waals surface area contributed by atoms with Gasteiger partial charge in [-0.25, -0.2) is 0 Å². The van der Waals surface area contributed by atoms with Crippen LogP contribution in [0.15, 0.2) is 24.7 Å². The molecular formula is C18H30N6. The van der Waals surface area contributed by atoms with Crippen LogP contribution >= 0.6 is 0 Å². The minimum absolute atomic E-state index is 0.464. The van der Waals surface area contributed by atoms with E-state index in [0.29, 0.717) is 12.0 Å². The van der Waals surface area contributed by atoms with Gasteiger partial charge in [-0.1, -0.05) is 0 Å². The predicted molar refractivity (Wildman–Crippen MR) is 95.5 cm³/mol. The van der Waals surface area contributed by atoms with Crippen molar-refractivity contribution in [2.45, 2.75) is 38.9 Å². The Morgan fingerprint density at radius 1 is 1.29 bits per heavy atom. The average molecular weight is 330 g/mol. The third kappa shape index (κ3) is 3.70. The van der Waals surface area contributed by atoms with Gasteiger partial charge in [-0.2, -0.15) is 10.2 Å². The highest BCUT2D eigenvalue weighted by atomic mass is 15.3. The van der Waals surface area contributed by atoms with Crippen molar-refractivity contribution in [3.63, 3.8) is 0 Å². The van der Waals surface area contributed by atoms with Gasteiger partial charge in [-0.15, -0.1) is 0 Å². The first-order valence-electron chi connectivity index (χ1n) is 8.96. The molecule has 1 saturated heterocycles. The van der Waals surface area contributed by atoms with Crippen molar-refractivity contribution in [2.24, 2.45) is 13.0 Å². The van der Waals surface area contributed by atoms with Crippen LogP contribution in [0.2, 0.25) is 0 Å². The molecule has 0 radical (unpaired) electrons. The molecule has 132 valence electrons. The van der Waals surface area contributed by atoms with Gasteiger partial charge in [-0.3, -0.25) is 14.3 Å². The van der Waals surface area contributed by atoms with Crippen molar-refractivity contribution < 1.29 is 0 Å². The number of hydrogen-bond acceptors (Lipinski definition) is 4. The zero-order valence-electron chi connectivity index (χ0n) is 15.4. The van der Waals surface area contributed by atoms with Gasteiger partial charge in [0.2, 0.25) is 0 Å². The molecule has 3 heterocycles. The van der Waals surface area contributed by atoms with Gasteiger partial charge in [0.25, 0.3) is 0 Å². The Bertz CT molecular complexity index is 645. The number of aryl methyl sites for hydroxylation is 2. The molecule has 2 atom stereocenters. The Balaban J connectivity index is 1.69. The van der Waals surface area contributed by atoms with Crippen molar-refractivity contribution in [1.82, 2.24) is 29.4 Å². The minimum Gasteiger partial charge on any atom is -0.300 e. The first-order chi connectivity index (χ1) is 11.6. The van der Waals surface area contributed by atoms with Crippen LogP contribution in [0.3, 0.4) is 0 Å². The third-order valence-electron chi connectivity index (χ3n) is 5.16. The summed E-state index contributed by atoms with van der Waals surface area (Å²) in [7, 11) is 6.47. The molecule has 1 aliphatic heterocycles. The molecule has 0 spiro atoms. The van der Waals surface area contributed by atoms with Crippen LogP contribution in [0.25, 0.3) is 0 Å². The first-order valence-corrected chi connectivity index (χ1v) is 8.96. The molecule has 1 fully saturated rings. The lowest BCUT2D eigenvalue weighted by atomic mass is 9.85. The number of nitrogens with zero attached hydrogens (tertiary/aromatic N) is 6. The van der Waals surface area contributed by atoms with E-state index in [9.17, 15) is 0 Å². The Kier molecular flexibility index (Phi) is 5.36. The van der Waals surface area contributed by atoms with E-state index >= 15 is 0 Å². The standard InChI is InChI=1S/C18H30N6/c1-5-24-17(8-9-19-24)14-21(2)12-15-7-6-10-22(3)18(15)16-11-20-23(4)13-16/h8-9,11,13,15,18H,5-7,10,12,14H2,1-4H3/t15-,18+/m0/s1. The number of likely N-dealkylation sites (tertiary alicyclic amines) is 1. The van der Waals surface area contributed by atoms with Crippen LogP contribution < -0.4 is 0 Å². The molecule has 0 bridgehead atoms. The average Bonchev–Trinajstić information content (AvgIpc) is 3.16. The highest BCUT2D eigenvalue weighted by Gasteiger charge is 2.32. The third-order valence-corrected chi connectivity index (χ3v) is 5.16. The van der Waals surface area contributed by atoms with Gasteiger partial charge >= 0.3 is 0 Å². The largest absolute Gasteiger partial charge is 0.300 e. The summed E-state index contributed by atoms with van der Waals surface area (Å²) in [6.07, 6.45) is 8.66. The van der Waals surface area contributed by atoms with E-state index in [4.69, 9.17) is 0 Å². The summed E-state index contributed by atoms with van der Waals surface area (Å²) < 4.78 is 4.00. The second-order valence-corrected chi connectivity index (χ2v) is 7.11. The van der Waals surface area contributed by atoms with Crippen LogP contribution in [-0.2, 0) is 20.1 Å². The maximum atomic E-state index is 4.39. The molecule has 0 aliphatic carbocycles. The van der Waals surface area contributed by atoms with E-state index in [0.717, 1.165) is 19.6 Å². The molecule has 6 nitrogen and oxygen atoms in total. The van der Waals surface area contributed by atoms with Crippen molar-refractivity contribution in [1.29, 1.82) is 0 Å². The summed E-state index contributed by atoms with van der Waals surface area (Å²) in [4.78, 5) is 4.94. The van der Waals surface area contributed by atoms with E-state index < -0.39 is 0 Å². The topological polar surface area (TPSA) is 42.1 Å². The zero-order chi connectivity index (χ0) is 17.1. The highest BCUT2D eigenvalue weighted by Crippen LogP contribution is 2.35. The van der Waals surface area contributed by atoms with Gasteiger partial charge in [0.1, 0.15) is 0 Å². The van der Waals surface area contributed by atoms with Crippen molar-refractivity contribution in [3.8, 4) is 0 Å². The Labute approximate surface area is 145 Å². The number of aromatic nitrogens is 4. The Morgan fingerprint density at radius 2 is 2.12 bits per heavy atom. The number of hydrogen-bond donors (Lipinski definition) is 0. The lowest BCUT2D eigenvalue weighted by Gasteiger charge is -2.40. The lowest BCUT2D eigenvalue weighted by Crippen LogP contribution is -2.40. The van der Waals surface area contributed by atoms with E-state index in [2.05, 4.69) is 58.0 Å². The van der Waals surface area contributed by atoms with Gasteiger partial charge in [-0.05, 0) is 52.4 Å². The van der Waals surface area contributed by atoms with Crippen LogP contribution in [0, 0.1) is 5.92 Å². The summed E-state index contributed by atoms with van der Waals surface area (Å²) in [5.41, 5.74) is 2.64. The highest BCUT2D eigenvalue weighted by molar-refractivity contribution is 5.13.